The second-order valence-electron chi connectivity index (χ2n) is 4.20. The third-order valence-electron chi connectivity index (χ3n) is 3.12. The second kappa shape index (κ2) is 4.87. The fraction of sp³-hybridized carbons (Fsp3) is 0.500. The van der Waals surface area contributed by atoms with Crippen molar-refractivity contribution >= 4 is 23.3 Å². The Bertz CT molecular complexity index is 412. The largest absolute Gasteiger partial charge is 0.458 e. The molecule has 1 aromatic rings. The normalized spacial score (nSPS) is 27.9. The summed E-state index contributed by atoms with van der Waals surface area (Å²) in [6, 6.07) is 3.50. The number of hydrogen-bond acceptors (Lipinski definition) is 5. The highest BCUT2D eigenvalue weighted by Gasteiger charge is 2.39. The molecule has 1 aliphatic heterocycles. The van der Waals surface area contributed by atoms with Crippen LogP contribution in [0.15, 0.2) is 17.5 Å². The molecule has 2 rings (SSSR count). The average molecular weight is 254 g/mol. The molecule has 5 heteroatoms. The van der Waals surface area contributed by atoms with E-state index in [0.29, 0.717) is 4.88 Å². The van der Waals surface area contributed by atoms with Crippen LogP contribution in [-0.4, -0.2) is 24.6 Å². The number of esters is 2. The van der Waals surface area contributed by atoms with Gasteiger partial charge in [-0.15, -0.1) is 11.3 Å². The van der Waals surface area contributed by atoms with Gasteiger partial charge in [-0.1, -0.05) is 19.9 Å². The molecule has 0 bridgehead atoms. The summed E-state index contributed by atoms with van der Waals surface area (Å²) >= 11 is 1.33. The second-order valence-corrected chi connectivity index (χ2v) is 5.15. The molecule has 1 fully saturated rings. The summed E-state index contributed by atoms with van der Waals surface area (Å²) in [5.74, 6) is -0.614. The molecule has 0 spiro atoms. The fourth-order valence-corrected chi connectivity index (χ4v) is 2.33. The Kier molecular flexibility index (Phi) is 3.47. The fourth-order valence-electron chi connectivity index (χ4n) is 1.71. The van der Waals surface area contributed by atoms with E-state index in [9.17, 15) is 9.59 Å². The molecule has 0 aliphatic carbocycles. The number of hydrogen-bond donors (Lipinski definition) is 0. The summed E-state index contributed by atoms with van der Waals surface area (Å²) in [7, 11) is 0. The van der Waals surface area contributed by atoms with Crippen molar-refractivity contribution in [3.05, 3.63) is 22.4 Å². The van der Waals surface area contributed by atoms with Gasteiger partial charge in [0.15, 0.2) is 0 Å². The third-order valence-corrected chi connectivity index (χ3v) is 3.97. The molecule has 0 amide bonds. The lowest BCUT2D eigenvalue weighted by Gasteiger charge is -2.14. The number of thiophene rings is 1. The Hall–Kier alpha value is -1.36. The van der Waals surface area contributed by atoms with Gasteiger partial charge in [0.2, 0.25) is 0 Å². The van der Waals surface area contributed by atoms with Gasteiger partial charge in [0.1, 0.15) is 17.6 Å². The first kappa shape index (κ1) is 12.1. The summed E-state index contributed by atoms with van der Waals surface area (Å²) in [6.45, 7) is 3.89. The van der Waals surface area contributed by atoms with Crippen molar-refractivity contribution < 1.29 is 19.1 Å². The standard InChI is InChI=1S/C12H14O4S/c1-7-8(2)11(13)16-9(7)6-15-12(14)10-4-3-5-17-10/h3-5,7-9H,6H2,1-2H3/t7-,8+,9-/m0/s1. The number of carbonyl (C=O) groups excluding carboxylic acids is 2. The molecule has 1 aromatic heterocycles. The van der Waals surface area contributed by atoms with Crippen LogP contribution in [0.3, 0.4) is 0 Å². The minimum absolute atomic E-state index is 0.0821. The van der Waals surface area contributed by atoms with E-state index in [1.807, 2.05) is 19.2 Å². The topological polar surface area (TPSA) is 52.6 Å². The highest BCUT2D eigenvalue weighted by Crippen LogP contribution is 2.27. The van der Waals surface area contributed by atoms with Gasteiger partial charge in [-0.05, 0) is 11.4 Å². The molecule has 1 saturated heterocycles. The lowest BCUT2D eigenvalue weighted by Crippen LogP contribution is -2.24. The Morgan fingerprint density at radius 2 is 2.29 bits per heavy atom. The molecular weight excluding hydrogens is 240 g/mol. The number of ether oxygens (including phenoxy) is 2. The predicted octanol–water partition coefficient (Wildman–Crippen LogP) is 2.10. The van der Waals surface area contributed by atoms with E-state index in [2.05, 4.69) is 0 Å². The van der Waals surface area contributed by atoms with Crippen LogP contribution in [0, 0.1) is 11.8 Å². The van der Waals surface area contributed by atoms with Crippen molar-refractivity contribution in [1.29, 1.82) is 0 Å². The van der Waals surface area contributed by atoms with Crippen molar-refractivity contribution in [1.82, 2.24) is 0 Å². The summed E-state index contributed by atoms with van der Waals surface area (Å²) in [4.78, 5) is 23.5. The monoisotopic (exact) mass is 254 g/mol. The van der Waals surface area contributed by atoms with E-state index in [-0.39, 0.29) is 36.5 Å². The van der Waals surface area contributed by atoms with Crippen molar-refractivity contribution in [2.45, 2.75) is 20.0 Å². The van der Waals surface area contributed by atoms with Gasteiger partial charge in [0.25, 0.3) is 0 Å². The Morgan fingerprint density at radius 3 is 2.82 bits per heavy atom. The first-order valence-corrected chi connectivity index (χ1v) is 6.38. The molecule has 4 nitrogen and oxygen atoms in total. The zero-order valence-corrected chi connectivity index (χ0v) is 10.5. The molecule has 1 aliphatic rings. The molecule has 0 unspecified atom stereocenters. The number of cyclic esters (lactones) is 1. The minimum Gasteiger partial charge on any atom is -0.458 e. The zero-order valence-electron chi connectivity index (χ0n) is 9.71. The van der Waals surface area contributed by atoms with Crippen molar-refractivity contribution in [3.8, 4) is 0 Å². The maximum atomic E-state index is 11.6. The van der Waals surface area contributed by atoms with Crippen LogP contribution in [0.25, 0.3) is 0 Å². The Labute approximate surface area is 104 Å². The van der Waals surface area contributed by atoms with E-state index in [1.165, 1.54) is 11.3 Å². The van der Waals surface area contributed by atoms with Gasteiger partial charge in [-0.25, -0.2) is 4.79 Å². The maximum Gasteiger partial charge on any atom is 0.348 e. The van der Waals surface area contributed by atoms with Crippen LogP contribution in [0.5, 0.6) is 0 Å². The predicted molar refractivity (Wildman–Crippen MR) is 62.8 cm³/mol. The molecule has 17 heavy (non-hydrogen) atoms. The average Bonchev–Trinajstić information content (AvgIpc) is 2.91. The van der Waals surface area contributed by atoms with Crippen LogP contribution in [-0.2, 0) is 14.3 Å². The maximum absolute atomic E-state index is 11.6. The van der Waals surface area contributed by atoms with Crippen LogP contribution in [0.4, 0.5) is 0 Å². The lowest BCUT2D eigenvalue weighted by molar-refractivity contribution is -0.145. The molecule has 0 saturated carbocycles. The molecule has 3 atom stereocenters. The quantitative estimate of drug-likeness (QED) is 0.775. The van der Waals surface area contributed by atoms with E-state index < -0.39 is 0 Å². The van der Waals surface area contributed by atoms with Crippen LogP contribution >= 0.6 is 11.3 Å². The number of carbonyl (C=O) groups is 2. The van der Waals surface area contributed by atoms with Crippen LogP contribution in [0.2, 0.25) is 0 Å². The zero-order chi connectivity index (χ0) is 12.4. The first-order chi connectivity index (χ1) is 8.09. The van der Waals surface area contributed by atoms with Crippen LogP contribution < -0.4 is 0 Å². The van der Waals surface area contributed by atoms with E-state index in [1.54, 1.807) is 12.1 Å². The SMILES string of the molecule is C[C@@H]1[C@H](COC(=O)c2cccs2)OC(=O)[C@@H]1C. The van der Waals surface area contributed by atoms with E-state index in [4.69, 9.17) is 9.47 Å². The van der Waals surface area contributed by atoms with Gasteiger partial charge in [0, 0.05) is 5.92 Å². The molecule has 92 valence electrons. The Morgan fingerprint density at radius 1 is 1.53 bits per heavy atom. The van der Waals surface area contributed by atoms with E-state index >= 15 is 0 Å². The van der Waals surface area contributed by atoms with E-state index in [0.717, 1.165) is 0 Å². The smallest absolute Gasteiger partial charge is 0.348 e. The first-order valence-electron chi connectivity index (χ1n) is 5.50. The lowest BCUT2D eigenvalue weighted by atomic mass is 9.94. The van der Waals surface area contributed by atoms with Gasteiger partial charge in [0.05, 0.1) is 5.92 Å². The molecule has 0 radical (unpaired) electrons. The molecule has 0 N–H and O–H groups in total. The van der Waals surface area contributed by atoms with Crippen molar-refractivity contribution in [2.24, 2.45) is 11.8 Å². The molecule has 0 aromatic carbocycles. The molecular formula is C12H14O4S. The molecule has 2 heterocycles. The third kappa shape index (κ3) is 2.49. The van der Waals surface area contributed by atoms with Crippen molar-refractivity contribution in [3.63, 3.8) is 0 Å². The number of rotatable bonds is 3. The highest BCUT2D eigenvalue weighted by molar-refractivity contribution is 7.11. The van der Waals surface area contributed by atoms with Gasteiger partial charge < -0.3 is 9.47 Å². The summed E-state index contributed by atoms with van der Waals surface area (Å²) < 4.78 is 10.3. The summed E-state index contributed by atoms with van der Waals surface area (Å²) in [5.41, 5.74) is 0. The summed E-state index contributed by atoms with van der Waals surface area (Å²) in [5, 5.41) is 1.82. The van der Waals surface area contributed by atoms with Gasteiger partial charge in [-0.2, -0.15) is 0 Å². The van der Waals surface area contributed by atoms with Gasteiger partial charge in [-0.3, -0.25) is 4.79 Å². The minimum atomic E-state index is -0.359. The van der Waals surface area contributed by atoms with Crippen molar-refractivity contribution in [2.75, 3.05) is 6.61 Å². The van der Waals surface area contributed by atoms with Crippen LogP contribution in [0.1, 0.15) is 23.5 Å². The summed E-state index contributed by atoms with van der Waals surface area (Å²) in [6.07, 6.45) is -0.318. The Balaban J connectivity index is 1.87. The highest BCUT2D eigenvalue weighted by atomic mass is 32.1. The van der Waals surface area contributed by atoms with Gasteiger partial charge >= 0.3 is 11.9 Å².